The zero-order chi connectivity index (χ0) is 19.5. The number of hydrogen-bond donors (Lipinski definition) is 1. The van der Waals surface area contributed by atoms with Crippen LogP contribution in [-0.2, 0) is 17.5 Å². The zero-order valence-electron chi connectivity index (χ0n) is 14.3. The van der Waals surface area contributed by atoms with Gasteiger partial charge in [0.2, 0.25) is 0 Å². The van der Waals surface area contributed by atoms with Gasteiger partial charge in [0.15, 0.2) is 0 Å². The van der Waals surface area contributed by atoms with E-state index in [1.807, 2.05) is 22.6 Å². The predicted molar refractivity (Wildman–Crippen MR) is 100 cm³/mol. The molecule has 0 saturated heterocycles. The summed E-state index contributed by atoms with van der Waals surface area (Å²) in [6.45, 7) is 3.20. The van der Waals surface area contributed by atoms with Gasteiger partial charge in [-0.25, -0.2) is 4.79 Å². The van der Waals surface area contributed by atoms with Crippen LogP contribution < -0.4 is 10.1 Å². The number of amides is 1. The van der Waals surface area contributed by atoms with Gasteiger partial charge in [-0.1, -0.05) is 6.07 Å². The number of aryl methyl sites for hydroxylation is 2. The Hall–Kier alpha value is -1.97. The highest BCUT2D eigenvalue weighted by Crippen LogP contribution is 2.38. The molecule has 26 heavy (non-hydrogen) atoms. The van der Waals surface area contributed by atoms with Gasteiger partial charge >= 0.3 is 12.3 Å². The highest BCUT2D eigenvalue weighted by molar-refractivity contribution is 14.1. The molecule has 140 valence electrons. The van der Waals surface area contributed by atoms with Crippen molar-refractivity contribution in [2.45, 2.75) is 26.6 Å². The second kappa shape index (κ2) is 8.15. The van der Waals surface area contributed by atoms with Crippen LogP contribution in [0.1, 0.15) is 22.3 Å². The van der Waals surface area contributed by atoms with Gasteiger partial charge in [0.05, 0.1) is 18.4 Å². The lowest BCUT2D eigenvalue weighted by Crippen LogP contribution is -2.15. The van der Waals surface area contributed by atoms with E-state index in [2.05, 4.69) is 10.1 Å². The standard InChI is InChI=1S/C18H17F3INO3/c1-10-7-13(18(19,20)21)16(8-11(10)2)26-9-12-14(22)5-4-6-15(12)23-17(24)25-3/h4-8H,9H2,1-3H3,(H,23,24). The molecule has 4 nitrogen and oxygen atoms in total. The lowest BCUT2D eigenvalue weighted by molar-refractivity contribution is -0.139. The molecule has 0 aliphatic carbocycles. The maximum atomic E-state index is 13.3. The van der Waals surface area contributed by atoms with Crippen molar-refractivity contribution in [3.05, 3.63) is 56.2 Å². The summed E-state index contributed by atoms with van der Waals surface area (Å²) in [6, 6.07) is 7.57. The Labute approximate surface area is 162 Å². The third kappa shape index (κ3) is 4.80. The average Bonchev–Trinajstić information content (AvgIpc) is 2.56. The molecule has 2 aromatic rings. The number of carbonyl (C=O) groups is 1. The van der Waals surface area contributed by atoms with Crippen LogP contribution in [0.5, 0.6) is 5.75 Å². The number of halogens is 4. The summed E-state index contributed by atoms with van der Waals surface area (Å²) in [6.07, 6.45) is -5.19. The highest BCUT2D eigenvalue weighted by Gasteiger charge is 2.35. The van der Waals surface area contributed by atoms with Crippen molar-refractivity contribution in [3.8, 4) is 5.75 Å². The van der Waals surface area contributed by atoms with Crippen LogP contribution in [0.25, 0.3) is 0 Å². The van der Waals surface area contributed by atoms with E-state index in [0.29, 0.717) is 22.4 Å². The zero-order valence-corrected chi connectivity index (χ0v) is 16.5. The van der Waals surface area contributed by atoms with Crippen LogP contribution >= 0.6 is 22.6 Å². The van der Waals surface area contributed by atoms with Crippen molar-refractivity contribution in [3.63, 3.8) is 0 Å². The minimum atomic E-state index is -4.52. The Balaban J connectivity index is 2.35. The molecule has 0 saturated carbocycles. The fourth-order valence-corrected chi connectivity index (χ4v) is 2.92. The number of nitrogens with one attached hydrogen (secondary N) is 1. The number of carbonyl (C=O) groups excluding carboxylic acids is 1. The molecule has 0 atom stereocenters. The summed E-state index contributed by atoms with van der Waals surface area (Å²) in [5.41, 5.74) is 1.38. The van der Waals surface area contributed by atoms with Gasteiger partial charge in [0.1, 0.15) is 12.4 Å². The van der Waals surface area contributed by atoms with Crippen molar-refractivity contribution in [2.24, 2.45) is 0 Å². The Kier molecular flexibility index (Phi) is 6.38. The first-order chi connectivity index (χ1) is 12.1. The first-order valence-corrected chi connectivity index (χ1v) is 8.65. The minimum Gasteiger partial charge on any atom is -0.488 e. The van der Waals surface area contributed by atoms with Crippen molar-refractivity contribution < 1.29 is 27.4 Å². The fourth-order valence-electron chi connectivity index (χ4n) is 2.26. The molecular weight excluding hydrogens is 462 g/mol. The molecule has 8 heteroatoms. The number of hydrogen-bond acceptors (Lipinski definition) is 3. The smallest absolute Gasteiger partial charge is 0.419 e. The van der Waals surface area contributed by atoms with E-state index < -0.39 is 17.8 Å². The molecule has 0 aliphatic rings. The quantitative estimate of drug-likeness (QED) is 0.574. The van der Waals surface area contributed by atoms with Gasteiger partial charge in [0, 0.05) is 9.13 Å². The van der Waals surface area contributed by atoms with Gasteiger partial charge in [-0.2, -0.15) is 13.2 Å². The minimum absolute atomic E-state index is 0.135. The van der Waals surface area contributed by atoms with Gasteiger partial charge in [-0.3, -0.25) is 5.32 Å². The largest absolute Gasteiger partial charge is 0.488 e. The summed E-state index contributed by atoms with van der Waals surface area (Å²) in [7, 11) is 1.23. The summed E-state index contributed by atoms with van der Waals surface area (Å²) in [4.78, 5) is 11.5. The summed E-state index contributed by atoms with van der Waals surface area (Å²) in [5.74, 6) is -0.246. The summed E-state index contributed by atoms with van der Waals surface area (Å²) in [5, 5.41) is 2.53. The normalized spacial score (nSPS) is 11.2. The van der Waals surface area contributed by atoms with Crippen LogP contribution in [0, 0.1) is 17.4 Å². The molecule has 0 aromatic heterocycles. The van der Waals surface area contributed by atoms with E-state index in [9.17, 15) is 18.0 Å². The molecule has 0 bridgehead atoms. The third-order valence-electron chi connectivity index (χ3n) is 3.81. The molecule has 1 N–H and O–H groups in total. The van der Waals surface area contributed by atoms with Crippen LogP contribution in [0.4, 0.5) is 23.7 Å². The van der Waals surface area contributed by atoms with E-state index in [4.69, 9.17) is 4.74 Å². The van der Waals surface area contributed by atoms with Crippen LogP contribution in [0.3, 0.4) is 0 Å². The van der Waals surface area contributed by atoms with E-state index in [1.54, 1.807) is 32.0 Å². The lowest BCUT2D eigenvalue weighted by Gasteiger charge is -2.18. The average molecular weight is 479 g/mol. The number of anilines is 1. The Morgan fingerprint density at radius 3 is 2.46 bits per heavy atom. The Morgan fingerprint density at radius 2 is 1.85 bits per heavy atom. The highest BCUT2D eigenvalue weighted by atomic mass is 127. The van der Waals surface area contributed by atoms with Crippen molar-refractivity contribution in [1.82, 2.24) is 0 Å². The van der Waals surface area contributed by atoms with E-state index in [0.717, 1.165) is 9.64 Å². The summed E-state index contributed by atoms with van der Waals surface area (Å²) < 4.78 is 50.7. The predicted octanol–water partition coefficient (Wildman–Crippen LogP) is 5.68. The number of ether oxygens (including phenoxy) is 2. The van der Waals surface area contributed by atoms with Crippen molar-refractivity contribution in [2.75, 3.05) is 12.4 Å². The Morgan fingerprint density at radius 1 is 1.19 bits per heavy atom. The first kappa shape index (κ1) is 20.3. The Bertz CT molecular complexity index is 822. The van der Waals surface area contributed by atoms with Gasteiger partial charge in [-0.15, -0.1) is 0 Å². The SMILES string of the molecule is COC(=O)Nc1cccc(I)c1COc1cc(C)c(C)cc1C(F)(F)F. The van der Waals surface area contributed by atoms with E-state index in [1.165, 1.54) is 13.2 Å². The lowest BCUT2D eigenvalue weighted by atomic mass is 10.0. The molecule has 2 aromatic carbocycles. The van der Waals surface area contributed by atoms with E-state index >= 15 is 0 Å². The van der Waals surface area contributed by atoms with Crippen LogP contribution in [0.15, 0.2) is 30.3 Å². The third-order valence-corrected chi connectivity index (χ3v) is 4.82. The van der Waals surface area contributed by atoms with Crippen LogP contribution in [0.2, 0.25) is 0 Å². The number of alkyl halides is 3. The van der Waals surface area contributed by atoms with Gasteiger partial charge < -0.3 is 9.47 Å². The summed E-state index contributed by atoms with van der Waals surface area (Å²) >= 11 is 2.03. The maximum absolute atomic E-state index is 13.3. The van der Waals surface area contributed by atoms with Crippen LogP contribution in [-0.4, -0.2) is 13.2 Å². The molecule has 0 spiro atoms. The second-order valence-corrected chi connectivity index (χ2v) is 6.76. The molecule has 0 heterocycles. The van der Waals surface area contributed by atoms with Crippen molar-refractivity contribution in [1.29, 1.82) is 0 Å². The molecule has 1 amide bonds. The second-order valence-electron chi connectivity index (χ2n) is 5.60. The fraction of sp³-hybridized carbons (Fsp3) is 0.278. The number of methoxy groups -OCH3 is 1. The van der Waals surface area contributed by atoms with Gasteiger partial charge in [-0.05, 0) is 71.8 Å². The maximum Gasteiger partial charge on any atom is 0.419 e. The topological polar surface area (TPSA) is 47.6 Å². The van der Waals surface area contributed by atoms with Gasteiger partial charge in [0.25, 0.3) is 0 Å². The first-order valence-electron chi connectivity index (χ1n) is 7.57. The monoisotopic (exact) mass is 479 g/mol. The van der Waals surface area contributed by atoms with Crippen molar-refractivity contribution >= 4 is 34.4 Å². The van der Waals surface area contributed by atoms with E-state index in [-0.39, 0.29) is 12.4 Å². The molecular formula is C18H17F3INO3. The molecule has 0 aliphatic heterocycles. The number of rotatable bonds is 4. The molecule has 0 unspecified atom stereocenters. The molecule has 2 rings (SSSR count). The molecule has 0 radical (unpaired) electrons. The molecule has 0 fully saturated rings. The number of benzene rings is 2.